The number of unbranched alkanes of at least 4 members (excludes halogenated alkanes) is 4. The minimum Gasteiger partial charge on any atom is -0.457 e. The number of ether oxygens (including phenoxy) is 6. The molecule has 4 aliphatic rings. The van der Waals surface area contributed by atoms with Crippen LogP contribution < -0.4 is 20.3 Å². The fraction of sp³-hybridized carbons (Fsp3) is 0.511. The topological polar surface area (TPSA) is 211 Å². The number of hydrogen-bond acceptors (Lipinski definition) is 14. The van der Waals surface area contributed by atoms with Gasteiger partial charge in [0, 0.05) is 61.3 Å². The number of aromatic nitrogens is 2. The van der Waals surface area contributed by atoms with E-state index < -0.39 is 41.8 Å². The third-order valence-corrected chi connectivity index (χ3v) is 11.7. The number of hydrogen-bond donors (Lipinski definition) is 1. The fourth-order valence-electron chi connectivity index (χ4n) is 8.30. The number of pyridine rings is 2. The second-order valence-corrected chi connectivity index (χ2v) is 15.8. The molecule has 1 aromatic carbocycles. The molecule has 1 atom stereocenters. The Morgan fingerprint density at radius 3 is 2.35 bits per heavy atom. The predicted molar refractivity (Wildman–Crippen MR) is 224 cm³/mol. The predicted octanol–water partition coefficient (Wildman–Crippen LogP) is 3.19. The van der Waals surface area contributed by atoms with Crippen LogP contribution in [0.15, 0.2) is 35.1 Å². The van der Waals surface area contributed by atoms with Gasteiger partial charge in [0.2, 0.25) is 24.2 Å². The van der Waals surface area contributed by atoms with Crippen molar-refractivity contribution in [2.75, 3.05) is 59.9 Å². The van der Waals surface area contributed by atoms with E-state index in [1.807, 2.05) is 12.1 Å². The highest BCUT2D eigenvalue weighted by Gasteiger charge is 2.50. The Morgan fingerprint density at radius 1 is 0.873 bits per heavy atom. The van der Waals surface area contributed by atoms with Gasteiger partial charge in [-0.25, -0.2) is 9.78 Å². The van der Waals surface area contributed by atoms with Crippen molar-refractivity contribution in [1.29, 1.82) is 0 Å². The van der Waals surface area contributed by atoms with Crippen molar-refractivity contribution in [3.63, 3.8) is 0 Å². The van der Waals surface area contributed by atoms with Crippen molar-refractivity contribution >= 4 is 46.5 Å². The summed E-state index contributed by atoms with van der Waals surface area (Å²) in [4.78, 5) is 96.8. The van der Waals surface area contributed by atoms with Crippen LogP contribution in [0.2, 0.25) is 0 Å². The first-order valence-electron chi connectivity index (χ1n) is 21.6. The van der Waals surface area contributed by atoms with Gasteiger partial charge in [-0.3, -0.25) is 33.7 Å². The van der Waals surface area contributed by atoms with E-state index in [2.05, 4.69) is 12.2 Å². The van der Waals surface area contributed by atoms with Gasteiger partial charge in [-0.15, -0.1) is 0 Å². The van der Waals surface area contributed by atoms with Crippen LogP contribution in [0.5, 0.6) is 11.5 Å². The molecule has 2 aromatic heterocycles. The lowest BCUT2D eigenvalue weighted by Crippen LogP contribution is -2.48. The Kier molecular flexibility index (Phi) is 14.2. The van der Waals surface area contributed by atoms with E-state index in [0.29, 0.717) is 28.4 Å². The van der Waals surface area contributed by atoms with Crippen LogP contribution in [0.25, 0.3) is 22.3 Å². The Hall–Kier alpha value is -6.14. The first kappa shape index (κ1) is 44.9. The number of rotatable bonds is 22. The van der Waals surface area contributed by atoms with E-state index in [-0.39, 0.29) is 101 Å². The van der Waals surface area contributed by atoms with Crippen LogP contribution in [0, 0.1) is 0 Å². The van der Waals surface area contributed by atoms with E-state index in [9.17, 15) is 33.6 Å². The molecule has 0 saturated heterocycles. The number of imide groups is 1. The Morgan fingerprint density at radius 2 is 1.60 bits per heavy atom. The van der Waals surface area contributed by atoms with Gasteiger partial charge >= 0.3 is 11.9 Å². The van der Waals surface area contributed by atoms with Crippen LogP contribution in [-0.2, 0) is 72.9 Å². The molecule has 0 spiro atoms. The molecule has 3 aromatic rings. The number of cyclic esters (lactones) is 1. The Balaban J connectivity index is 0.946. The average Bonchev–Trinajstić information content (AvgIpc) is 3.98. The molecule has 63 heavy (non-hydrogen) atoms. The molecule has 18 heteroatoms. The summed E-state index contributed by atoms with van der Waals surface area (Å²) >= 11 is 0. The van der Waals surface area contributed by atoms with Crippen molar-refractivity contribution < 1.29 is 57.2 Å². The number of likely N-dealkylation sites (N-methyl/N-ethyl adjacent to an activating group) is 1. The summed E-state index contributed by atoms with van der Waals surface area (Å²) in [5.74, 6) is -2.05. The van der Waals surface area contributed by atoms with E-state index in [1.165, 1.54) is 11.9 Å². The summed E-state index contributed by atoms with van der Waals surface area (Å²) in [5.41, 5.74) is 1.98. The Bertz CT molecular complexity index is 2370. The lowest BCUT2D eigenvalue weighted by molar-refractivity contribution is -0.190. The highest BCUT2D eigenvalue weighted by molar-refractivity contribution is 6.13. The summed E-state index contributed by atoms with van der Waals surface area (Å²) in [6.45, 7) is 4.32. The van der Waals surface area contributed by atoms with Crippen LogP contribution >= 0.6 is 0 Å². The van der Waals surface area contributed by atoms with E-state index in [0.717, 1.165) is 72.1 Å². The van der Waals surface area contributed by atoms with Crippen LogP contribution in [-0.4, -0.2) is 115 Å². The third kappa shape index (κ3) is 9.61. The number of benzene rings is 1. The zero-order chi connectivity index (χ0) is 44.7. The molecule has 1 N–H and O–H groups in total. The lowest BCUT2D eigenvalue weighted by atomic mass is 9.85. The second kappa shape index (κ2) is 19.9. The number of aryl methyl sites for hydroxylation is 1. The second-order valence-electron chi connectivity index (χ2n) is 15.8. The summed E-state index contributed by atoms with van der Waals surface area (Å²) in [7, 11) is 1.44. The summed E-state index contributed by atoms with van der Waals surface area (Å²) in [5, 5.41) is 3.59. The van der Waals surface area contributed by atoms with Gasteiger partial charge in [0.25, 0.3) is 17.4 Å². The minimum atomic E-state index is -1.94. The number of carbonyl (C=O) groups is 6. The van der Waals surface area contributed by atoms with Crippen LogP contribution in [0.4, 0.5) is 0 Å². The molecule has 4 aliphatic heterocycles. The average molecular weight is 872 g/mol. The van der Waals surface area contributed by atoms with Gasteiger partial charge < -0.3 is 43.2 Å². The largest absolute Gasteiger partial charge is 0.457 e. The van der Waals surface area contributed by atoms with Gasteiger partial charge in [-0.1, -0.05) is 39.5 Å². The van der Waals surface area contributed by atoms with Crippen molar-refractivity contribution in [2.45, 2.75) is 90.4 Å². The standard InChI is InChI=1S/C45H53N5O13/c1-4-6-7-8-9-10-28-29-21-35-36(62-27-61-35)23-33(29)47-42-30(28)24-50-34(42)22-32-31(43(50)56)26-60-44(57)45(32,5-2)63-41(55)25-48(3)38(52)14-17-58-19-20-59-18-15-46-37(51)13-16-49-39(53)11-12-40(49)54/h11-12,21-23H,4-10,13-20,24-27H2,1-3H3,(H,46,51)/t45-/m0/s1. The van der Waals surface area contributed by atoms with Gasteiger partial charge in [0.1, 0.15) is 13.2 Å². The maximum absolute atomic E-state index is 14.3. The quantitative estimate of drug-likeness (QED) is 0.0684. The molecule has 0 saturated carbocycles. The fourth-order valence-corrected chi connectivity index (χ4v) is 8.30. The van der Waals surface area contributed by atoms with E-state index in [4.69, 9.17) is 33.4 Å². The SMILES string of the molecule is CCCCCCCc1c2c(nc3cc4c(cc13)OCO4)-c1cc3c(c(=O)n1C2)COC(=O)[C@@]3(CC)OC(=O)CN(C)C(=O)CCOCCOCCNC(=O)CCN1C(=O)C=CC1=O. The number of nitrogens with zero attached hydrogens (tertiary/aromatic N) is 4. The van der Waals surface area contributed by atoms with Gasteiger partial charge in [0.15, 0.2) is 11.5 Å². The smallest absolute Gasteiger partial charge is 0.355 e. The highest BCUT2D eigenvalue weighted by atomic mass is 16.7. The molecule has 336 valence electrons. The monoisotopic (exact) mass is 871 g/mol. The number of esters is 2. The zero-order valence-electron chi connectivity index (χ0n) is 35.9. The molecule has 6 heterocycles. The highest BCUT2D eigenvalue weighted by Crippen LogP contribution is 2.44. The van der Waals surface area contributed by atoms with Gasteiger partial charge in [-0.05, 0) is 37.0 Å². The summed E-state index contributed by atoms with van der Waals surface area (Å²) < 4.78 is 35.5. The number of carbonyl (C=O) groups excluding carboxylic acids is 6. The first-order chi connectivity index (χ1) is 30.4. The molecule has 0 aliphatic carbocycles. The number of nitrogens with one attached hydrogen (secondary N) is 1. The molecule has 4 amide bonds. The molecule has 0 fully saturated rings. The van der Waals surface area contributed by atoms with Crippen molar-refractivity contribution in [3.05, 3.63) is 63.0 Å². The summed E-state index contributed by atoms with van der Waals surface area (Å²) in [6.07, 6.45) is 8.45. The van der Waals surface area contributed by atoms with Crippen LogP contribution in [0.3, 0.4) is 0 Å². The number of fused-ring (bicyclic) bond motifs is 6. The maximum Gasteiger partial charge on any atom is 0.355 e. The van der Waals surface area contributed by atoms with Crippen molar-refractivity contribution in [3.8, 4) is 22.9 Å². The maximum atomic E-state index is 14.3. The molecule has 0 bridgehead atoms. The molecular weight excluding hydrogens is 819 g/mol. The number of amides is 4. The zero-order valence-corrected chi connectivity index (χ0v) is 35.9. The third-order valence-electron chi connectivity index (χ3n) is 11.7. The molecular formula is C45H53N5O13. The van der Waals surface area contributed by atoms with E-state index in [1.54, 1.807) is 17.6 Å². The normalized spacial score (nSPS) is 16.9. The van der Waals surface area contributed by atoms with Crippen molar-refractivity contribution in [2.24, 2.45) is 0 Å². The van der Waals surface area contributed by atoms with Crippen LogP contribution in [0.1, 0.15) is 87.5 Å². The van der Waals surface area contributed by atoms with Crippen molar-refractivity contribution in [1.82, 2.24) is 24.7 Å². The van der Waals surface area contributed by atoms with Gasteiger partial charge in [0.05, 0.1) is 61.9 Å². The minimum absolute atomic E-state index is 0.00519. The molecule has 7 rings (SSSR count). The van der Waals surface area contributed by atoms with E-state index >= 15 is 0 Å². The lowest BCUT2D eigenvalue weighted by Gasteiger charge is -2.36. The summed E-state index contributed by atoms with van der Waals surface area (Å²) in [6, 6.07) is 5.55. The molecule has 18 nitrogen and oxygen atoms in total. The first-order valence-corrected chi connectivity index (χ1v) is 21.6. The Labute approximate surface area is 363 Å². The van der Waals surface area contributed by atoms with Gasteiger partial charge in [-0.2, -0.15) is 0 Å². The molecule has 0 radical (unpaired) electrons. The molecule has 0 unspecified atom stereocenters.